The highest BCUT2D eigenvalue weighted by Crippen LogP contribution is 2.30. The van der Waals surface area contributed by atoms with E-state index in [1.807, 2.05) is 20.8 Å². The van der Waals surface area contributed by atoms with Gasteiger partial charge in [0, 0.05) is 11.5 Å². The predicted octanol–water partition coefficient (Wildman–Crippen LogP) is 0.417. The fourth-order valence-corrected chi connectivity index (χ4v) is 0.886. The third-order valence-electron chi connectivity index (χ3n) is 2.67. The van der Waals surface area contributed by atoms with Crippen LogP contribution in [0.2, 0.25) is 0 Å². The van der Waals surface area contributed by atoms with Gasteiger partial charge in [0.2, 0.25) is 0 Å². The van der Waals surface area contributed by atoms with E-state index in [2.05, 4.69) is 0 Å². The maximum Gasteiger partial charge on any atom is 0.117 e. The molecular formula is C8H20N2O. The van der Waals surface area contributed by atoms with Gasteiger partial charge in [0.25, 0.3) is 0 Å². The lowest BCUT2D eigenvalue weighted by Gasteiger charge is -2.41. The SMILES string of the molecule is CCC(N)C(C)(C)C(C)(N)O. The summed E-state index contributed by atoms with van der Waals surface area (Å²) in [5.74, 6) is 0. The molecule has 0 saturated heterocycles. The molecule has 5 N–H and O–H groups in total. The van der Waals surface area contributed by atoms with E-state index in [0.717, 1.165) is 6.42 Å². The minimum absolute atomic E-state index is 0.0671. The number of hydrogen-bond acceptors (Lipinski definition) is 3. The van der Waals surface area contributed by atoms with Crippen LogP contribution in [0.1, 0.15) is 34.1 Å². The van der Waals surface area contributed by atoms with Crippen LogP contribution in [0, 0.1) is 5.41 Å². The molecule has 0 aliphatic carbocycles. The largest absolute Gasteiger partial charge is 0.376 e. The molecule has 3 heteroatoms. The zero-order valence-electron chi connectivity index (χ0n) is 7.89. The molecule has 0 rings (SSSR count). The summed E-state index contributed by atoms with van der Waals surface area (Å²) in [5.41, 5.74) is 9.71. The number of nitrogens with two attached hydrogens (primary N) is 2. The van der Waals surface area contributed by atoms with Gasteiger partial charge in [-0.3, -0.25) is 0 Å². The van der Waals surface area contributed by atoms with Crippen molar-refractivity contribution in [1.29, 1.82) is 0 Å². The van der Waals surface area contributed by atoms with E-state index >= 15 is 0 Å². The topological polar surface area (TPSA) is 72.3 Å². The summed E-state index contributed by atoms with van der Waals surface area (Å²) < 4.78 is 0. The molecule has 2 atom stereocenters. The minimum Gasteiger partial charge on any atom is -0.376 e. The Morgan fingerprint density at radius 2 is 1.73 bits per heavy atom. The van der Waals surface area contributed by atoms with Crippen LogP contribution in [-0.2, 0) is 0 Å². The van der Waals surface area contributed by atoms with Crippen molar-refractivity contribution in [1.82, 2.24) is 0 Å². The zero-order valence-corrected chi connectivity index (χ0v) is 7.89. The van der Waals surface area contributed by atoms with Crippen LogP contribution in [0.5, 0.6) is 0 Å². The Morgan fingerprint density at radius 1 is 1.36 bits per heavy atom. The smallest absolute Gasteiger partial charge is 0.117 e. The third kappa shape index (κ3) is 2.15. The summed E-state index contributed by atoms with van der Waals surface area (Å²) in [6.45, 7) is 7.32. The fourth-order valence-electron chi connectivity index (χ4n) is 0.886. The second-order valence-corrected chi connectivity index (χ2v) is 3.88. The number of hydrogen-bond donors (Lipinski definition) is 3. The summed E-state index contributed by atoms with van der Waals surface area (Å²) >= 11 is 0. The Balaban J connectivity index is 4.45. The average Bonchev–Trinajstić information content (AvgIpc) is 1.83. The molecule has 0 saturated carbocycles. The van der Waals surface area contributed by atoms with E-state index in [1.165, 1.54) is 0 Å². The molecule has 2 unspecified atom stereocenters. The van der Waals surface area contributed by atoms with Crippen LogP contribution < -0.4 is 11.5 Å². The van der Waals surface area contributed by atoms with Crippen molar-refractivity contribution in [2.45, 2.75) is 45.9 Å². The monoisotopic (exact) mass is 160 g/mol. The van der Waals surface area contributed by atoms with Crippen LogP contribution in [0.25, 0.3) is 0 Å². The van der Waals surface area contributed by atoms with E-state index in [4.69, 9.17) is 11.5 Å². The second kappa shape index (κ2) is 3.09. The Labute approximate surface area is 68.8 Å². The molecule has 3 nitrogen and oxygen atoms in total. The first-order valence-electron chi connectivity index (χ1n) is 4.00. The normalized spacial score (nSPS) is 21.0. The van der Waals surface area contributed by atoms with Gasteiger partial charge >= 0.3 is 0 Å². The van der Waals surface area contributed by atoms with E-state index in [0.29, 0.717) is 0 Å². The van der Waals surface area contributed by atoms with Crippen LogP contribution in [-0.4, -0.2) is 16.9 Å². The zero-order chi connectivity index (χ0) is 9.28. The van der Waals surface area contributed by atoms with Crippen molar-refractivity contribution in [3.63, 3.8) is 0 Å². The van der Waals surface area contributed by atoms with Crippen molar-refractivity contribution >= 4 is 0 Å². The first-order chi connectivity index (χ1) is 4.73. The molecule has 0 bridgehead atoms. The van der Waals surface area contributed by atoms with Gasteiger partial charge in [-0.1, -0.05) is 20.8 Å². The van der Waals surface area contributed by atoms with Crippen LogP contribution in [0.3, 0.4) is 0 Å². The first-order valence-corrected chi connectivity index (χ1v) is 4.00. The van der Waals surface area contributed by atoms with Gasteiger partial charge < -0.3 is 16.6 Å². The molecule has 0 spiro atoms. The lowest BCUT2D eigenvalue weighted by molar-refractivity contribution is -0.0598. The van der Waals surface area contributed by atoms with Gasteiger partial charge in [0.05, 0.1) is 0 Å². The van der Waals surface area contributed by atoms with Gasteiger partial charge in [-0.05, 0) is 13.3 Å². The Kier molecular flexibility index (Phi) is 3.06. The minimum atomic E-state index is -1.21. The quantitative estimate of drug-likeness (QED) is 0.524. The molecule has 68 valence electrons. The van der Waals surface area contributed by atoms with Crippen molar-refractivity contribution in [2.24, 2.45) is 16.9 Å². The van der Waals surface area contributed by atoms with E-state index in [-0.39, 0.29) is 6.04 Å². The summed E-state index contributed by atoms with van der Waals surface area (Å²) in [4.78, 5) is 0. The Hall–Kier alpha value is -0.120. The van der Waals surface area contributed by atoms with Gasteiger partial charge in [0.15, 0.2) is 0 Å². The van der Waals surface area contributed by atoms with Crippen molar-refractivity contribution < 1.29 is 5.11 Å². The van der Waals surface area contributed by atoms with Gasteiger partial charge in [-0.2, -0.15) is 0 Å². The molecule has 0 aromatic carbocycles. The average molecular weight is 160 g/mol. The van der Waals surface area contributed by atoms with Crippen molar-refractivity contribution in [2.75, 3.05) is 0 Å². The Bertz CT molecular complexity index is 127. The molecule has 0 aliphatic rings. The number of rotatable bonds is 3. The lowest BCUT2D eigenvalue weighted by Crippen LogP contribution is -2.58. The van der Waals surface area contributed by atoms with Crippen LogP contribution in [0.15, 0.2) is 0 Å². The molecule has 0 radical (unpaired) electrons. The molecule has 0 aliphatic heterocycles. The highest BCUT2D eigenvalue weighted by atomic mass is 16.3. The molecule has 0 fully saturated rings. The van der Waals surface area contributed by atoms with Crippen molar-refractivity contribution in [3.05, 3.63) is 0 Å². The molecular weight excluding hydrogens is 140 g/mol. The lowest BCUT2D eigenvalue weighted by atomic mass is 9.75. The first kappa shape index (κ1) is 10.9. The molecule has 11 heavy (non-hydrogen) atoms. The Morgan fingerprint density at radius 3 is 1.82 bits per heavy atom. The van der Waals surface area contributed by atoms with Crippen molar-refractivity contribution in [3.8, 4) is 0 Å². The molecule has 0 heterocycles. The molecule has 0 aromatic rings. The van der Waals surface area contributed by atoms with E-state index in [1.54, 1.807) is 6.92 Å². The summed E-state index contributed by atoms with van der Waals surface area (Å²) in [6, 6.07) is -0.0671. The predicted molar refractivity (Wildman–Crippen MR) is 46.9 cm³/mol. The highest BCUT2D eigenvalue weighted by molar-refractivity contribution is 4.91. The second-order valence-electron chi connectivity index (χ2n) is 3.88. The van der Waals surface area contributed by atoms with Gasteiger partial charge in [0.1, 0.15) is 5.72 Å². The highest BCUT2D eigenvalue weighted by Gasteiger charge is 2.39. The summed E-state index contributed by atoms with van der Waals surface area (Å²) in [5, 5.41) is 9.54. The standard InChI is InChI=1S/C8H20N2O/c1-5-6(9)7(2,3)8(4,10)11/h6,11H,5,9-10H2,1-4H3. The van der Waals surface area contributed by atoms with Crippen LogP contribution >= 0.6 is 0 Å². The third-order valence-corrected chi connectivity index (χ3v) is 2.67. The maximum absolute atomic E-state index is 9.54. The van der Waals surface area contributed by atoms with Gasteiger partial charge in [-0.25, -0.2) is 0 Å². The summed E-state index contributed by atoms with van der Waals surface area (Å²) in [7, 11) is 0. The fraction of sp³-hybridized carbons (Fsp3) is 1.00. The summed E-state index contributed by atoms with van der Waals surface area (Å²) in [6.07, 6.45) is 0.820. The maximum atomic E-state index is 9.54. The molecule has 0 amide bonds. The van der Waals surface area contributed by atoms with E-state index < -0.39 is 11.1 Å². The van der Waals surface area contributed by atoms with Gasteiger partial charge in [-0.15, -0.1) is 0 Å². The number of aliphatic hydroxyl groups is 1. The van der Waals surface area contributed by atoms with E-state index in [9.17, 15) is 5.11 Å². The molecule has 0 aromatic heterocycles. The van der Waals surface area contributed by atoms with Crippen LogP contribution in [0.4, 0.5) is 0 Å².